The van der Waals surface area contributed by atoms with E-state index in [1.54, 1.807) is 6.07 Å². The van der Waals surface area contributed by atoms with Crippen LogP contribution >= 0.6 is 11.6 Å². The maximum atomic E-state index is 12.3. The molecular weight excluding hydrogens is 404 g/mol. The summed E-state index contributed by atoms with van der Waals surface area (Å²) in [6.07, 6.45) is 1.19. The number of nitrogens with one attached hydrogen (secondary N) is 2. The zero-order valence-corrected chi connectivity index (χ0v) is 17.1. The van der Waals surface area contributed by atoms with Gasteiger partial charge in [-0.05, 0) is 25.2 Å². The molecule has 28 heavy (non-hydrogen) atoms. The molecule has 1 aliphatic heterocycles. The Morgan fingerprint density at radius 1 is 1.39 bits per heavy atom. The van der Waals surface area contributed by atoms with Gasteiger partial charge in [0.05, 0.1) is 23.8 Å². The average molecular weight is 427 g/mol. The minimum absolute atomic E-state index is 0.0741. The molecule has 0 aliphatic carbocycles. The van der Waals surface area contributed by atoms with Crippen molar-refractivity contribution in [3.63, 3.8) is 0 Å². The number of oxazole rings is 1. The maximum absolute atomic E-state index is 12.3. The van der Waals surface area contributed by atoms with E-state index in [-0.39, 0.29) is 11.7 Å². The van der Waals surface area contributed by atoms with Crippen LogP contribution in [0.5, 0.6) is 0 Å². The Hall–Kier alpha value is -1.98. The first-order valence-corrected chi connectivity index (χ1v) is 10.5. The topological polar surface area (TPSA) is 123 Å². The van der Waals surface area contributed by atoms with Gasteiger partial charge in [0, 0.05) is 36.7 Å². The summed E-state index contributed by atoms with van der Waals surface area (Å²) in [4.78, 5) is 18.2. The summed E-state index contributed by atoms with van der Waals surface area (Å²) in [6.45, 7) is 3.61. The van der Waals surface area contributed by atoms with Crippen LogP contribution in [0.25, 0.3) is 0 Å². The van der Waals surface area contributed by atoms with Gasteiger partial charge < -0.3 is 30.2 Å². The zero-order chi connectivity index (χ0) is 20.1. The van der Waals surface area contributed by atoms with E-state index in [9.17, 15) is 9.35 Å². The molecule has 0 saturated carbocycles. The molecule has 3 rings (SSSR count). The summed E-state index contributed by atoms with van der Waals surface area (Å²) in [5.74, 6) is 0.157. The van der Waals surface area contributed by atoms with Crippen LogP contribution in [0.3, 0.4) is 0 Å². The number of carbonyl (C=O) groups is 1. The number of hydrogen-bond acceptors (Lipinski definition) is 8. The van der Waals surface area contributed by atoms with Crippen LogP contribution in [0.4, 0.5) is 17.4 Å². The molecule has 2 heterocycles. The summed E-state index contributed by atoms with van der Waals surface area (Å²) < 4.78 is 19.1. The third-order valence-corrected chi connectivity index (χ3v) is 6.20. The van der Waals surface area contributed by atoms with Crippen LogP contribution in [0, 0.1) is 0 Å². The molecule has 0 bridgehead atoms. The molecule has 4 N–H and O–H groups in total. The molecule has 1 aliphatic rings. The lowest BCUT2D eigenvalue weighted by Gasteiger charge is -2.35. The molecule has 152 valence electrons. The zero-order valence-electron chi connectivity index (χ0n) is 15.5. The molecule has 1 amide bonds. The Balaban J connectivity index is 1.63. The maximum Gasteiger partial charge on any atom is 0.292 e. The number of piperazine rings is 1. The number of benzene rings is 1. The number of hydrogen-bond donors (Lipinski definition) is 3. The van der Waals surface area contributed by atoms with E-state index in [4.69, 9.17) is 21.8 Å². The molecule has 1 unspecified atom stereocenters. The summed E-state index contributed by atoms with van der Waals surface area (Å²) >= 11 is 5.26. The van der Waals surface area contributed by atoms with E-state index in [0.29, 0.717) is 29.6 Å². The highest BCUT2D eigenvalue weighted by Crippen LogP contribution is 2.29. The SMILES string of the molecule is CNCC[S+]([O-])N1CCN(c2ccc(Cl)c(NC(=O)c3coc(N)n3)c2)CC1. The fraction of sp³-hybridized carbons (Fsp3) is 0.412. The molecule has 1 atom stereocenters. The van der Waals surface area contributed by atoms with Gasteiger partial charge in [-0.25, -0.2) is 0 Å². The third-order valence-electron chi connectivity index (χ3n) is 4.37. The van der Waals surface area contributed by atoms with Crippen molar-refractivity contribution in [3.8, 4) is 0 Å². The second-order valence-electron chi connectivity index (χ2n) is 6.23. The van der Waals surface area contributed by atoms with E-state index in [2.05, 4.69) is 20.5 Å². The second kappa shape index (κ2) is 9.48. The Labute approximate surface area is 171 Å². The minimum atomic E-state index is -0.973. The van der Waals surface area contributed by atoms with Gasteiger partial charge in [-0.2, -0.15) is 4.98 Å². The van der Waals surface area contributed by atoms with Crippen LogP contribution in [-0.4, -0.2) is 65.3 Å². The van der Waals surface area contributed by atoms with Crippen LogP contribution < -0.4 is 21.3 Å². The highest BCUT2D eigenvalue weighted by Gasteiger charge is 2.26. The molecule has 2 aromatic rings. The van der Waals surface area contributed by atoms with Crippen LogP contribution in [-0.2, 0) is 11.4 Å². The van der Waals surface area contributed by atoms with Gasteiger partial charge in [0.1, 0.15) is 12.0 Å². The van der Waals surface area contributed by atoms with E-state index in [0.717, 1.165) is 25.3 Å². The Morgan fingerprint density at radius 2 is 2.14 bits per heavy atom. The number of nitrogens with zero attached hydrogens (tertiary/aromatic N) is 3. The molecular formula is C17H23ClN6O3S. The molecule has 11 heteroatoms. The molecule has 1 aromatic heterocycles. The fourth-order valence-corrected chi connectivity index (χ4v) is 4.22. The first-order valence-electron chi connectivity index (χ1n) is 8.83. The van der Waals surface area contributed by atoms with Crippen molar-refractivity contribution in [2.45, 2.75) is 0 Å². The van der Waals surface area contributed by atoms with Gasteiger partial charge in [0.25, 0.3) is 11.9 Å². The lowest BCUT2D eigenvalue weighted by atomic mass is 10.2. The van der Waals surface area contributed by atoms with Gasteiger partial charge in [-0.1, -0.05) is 11.6 Å². The van der Waals surface area contributed by atoms with Gasteiger partial charge >= 0.3 is 0 Å². The number of nitrogen functional groups attached to an aromatic ring is 1. The lowest BCUT2D eigenvalue weighted by Crippen LogP contribution is -2.50. The number of nitrogens with two attached hydrogens (primary N) is 1. The number of amides is 1. The van der Waals surface area contributed by atoms with E-state index < -0.39 is 17.3 Å². The van der Waals surface area contributed by atoms with Gasteiger partial charge in [0.15, 0.2) is 5.69 Å². The predicted octanol–water partition coefficient (Wildman–Crippen LogP) is 1.17. The minimum Gasteiger partial charge on any atom is -0.598 e. The van der Waals surface area contributed by atoms with E-state index in [1.807, 2.05) is 23.5 Å². The van der Waals surface area contributed by atoms with Gasteiger partial charge in [-0.3, -0.25) is 4.79 Å². The summed E-state index contributed by atoms with van der Waals surface area (Å²) in [6, 6.07) is 5.38. The van der Waals surface area contributed by atoms with Crippen LogP contribution in [0.2, 0.25) is 5.02 Å². The number of rotatable bonds is 7. The summed E-state index contributed by atoms with van der Waals surface area (Å²) in [7, 11) is 1.85. The van der Waals surface area contributed by atoms with Crippen LogP contribution in [0.1, 0.15) is 10.5 Å². The Bertz CT molecular complexity index is 812. The largest absolute Gasteiger partial charge is 0.598 e. The fourth-order valence-electron chi connectivity index (χ4n) is 2.85. The van der Waals surface area contributed by atoms with Crippen molar-refractivity contribution in [1.29, 1.82) is 0 Å². The van der Waals surface area contributed by atoms with Crippen molar-refractivity contribution in [2.24, 2.45) is 0 Å². The lowest BCUT2D eigenvalue weighted by molar-refractivity contribution is 0.102. The average Bonchev–Trinajstić information content (AvgIpc) is 3.14. The van der Waals surface area contributed by atoms with Gasteiger partial charge in [-0.15, -0.1) is 4.31 Å². The standard InChI is InChI=1S/C17H23ClN6O3S/c1-20-4-9-28(26)24-7-5-23(6-8-24)12-2-3-13(18)14(10-12)21-16(25)15-11-27-17(19)22-15/h2-3,10-11,20H,4-9H2,1H3,(H2,19,22)(H,21,25). The van der Waals surface area contributed by atoms with Crippen LogP contribution in [0.15, 0.2) is 28.9 Å². The number of anilines is 3. The third kappa shape index (κ3) is 5.09. The normalized spacial score (nSPS) is 16.2. The smallest absolute Gasteiger partial charge is 0.292 e. The van der Waals surface area contributed by atoms with E-state index >= 15 is 0 Å². The molecule has 0 radical (unpaired) electrons. The number of aromatic nitrogens is 1. The number of halogens is 1. The van der Waals surface area contributed by atoms with Crippen molar-refractivity contribution >= 4 is 46.3 Å². The molecule has 9 nitrogen and oxygen atoms in total. The highest BCUT2D eigenvalue weighted by molar-refractivity contribution is 7.89. The summed E-state index contributed by atoms with van der Waals surface area (Å²) in [5.41, 5.74) is 6.89. The van der Waals surface area contributed by atoms with Crippen molar-refractivity contribution in [3.05, 3.63) is 35.2 Å². The molecule has 0 spiro atoms. The van der Waals surface area contributed by atoms with Gasteiger partial charge in [0.2, 0.25) is 0 Å². The Morgan fingerprint density at radius 3 is 2.79 bits per heavy atom. The quantitative estimate of drug-likeness (QED) is 0.564. The second-order valence-corrected chi connectivity index (χ2v) is 8.21. The molecule has 1 aromatic carbocycles. The first kappa shape index (κ1) is 20.7. The van der Waals surface area contributed by atoms with Crippen molar-refractivity contribution < 1.29 is 13.8 Å². The molecule has 1 saturated heterocycles. The Kier molecular flexibility index (Phi) is 7.03. The van der Waals surface area contributed by atoms with E-state index in [1.165, 1.54) is 6.26 Å². The van der Waals surface area contributed by atoms with Crippen molar-refractivity contribution in [1.82, 2.24) is 14.6 Å². The number of carbonyl (C=O) groups excluding carboxylic acids is 1. The van der Waals surface area contributed by atoms with Crippen molar-refractivity contribution in [2.75, 3.05) is 61.5 Å². The molecule has 1 fully saturated rings. The monoisotopic (exact) mass is 426 g/mol. The highest BCUT2D eigenvalue weighted by atomic mass is 35.5. The predicted molar refractivity (Wildman–Crippen MR) is 111 cm³/mol. The summed E-state index contributed by atoms with van der Waals surface area (Å²) in [5, 5.41) is 6.16. The first-order chi connectivity index (χ1) is 13.5.